The van der Waals surface area contributed by atoms with Crippen LogP contribution in [0.4, 0.5) is 4.79 Å². The van der Waals surface area contributed by atoms with Gasteiger partial charge in [0, 0.05) is 12.0 Å². The van der Waals surface area contributed by atoms with Crippen molar-refractivity contribution in [3.05, 3.63) is 29.8 Å². The Balaban J connectivity index is 1.53. The number of hydrogen-bond acceptors (Lipinski definition) is 7. The van der Waals surface area contributed by atoms with Crippen molar-refractivity contribution in [2.75, 3.05) is 19.8 Å². The SMILES string of the molecule is C[C@@H](O[Si](C)(C)C(C)(C)C)[C@H]1C(=O)N[C@@H]1CC(=O)c1ccc(OCC(=O)N2CCOC2=O)cc1. The summed E-state index contributed by atoms with van der Waals surface area (Å²) in [5.41, 5.74) is 0.486. The second-order valence-corrected chi connectivity index (χ2v) is 15.1. The van der Waals surface area contributed by atoms with E-state index < -0.39 is 20.3 Å². The Morgan fingerprint density at radius 2 is 1.85 bits per heavy atom. The number of carbonyl (C=O) groups is 4. The molecule has 1 aromatic rings. The summed E-state index contributed by atoms with van der Waals surface area (Å²) in [6.07, 6.45) is -0.759. The van der Waals surface area contributed by atoms with Gasteiger partial charge in [-0.15, -0.1) is 0 Å². The number of ether oxygens (including phenoxy) is 2. The fourth-order valence-corrected chi connectivity index (χ4v) is 5.22. The summed E-state index contributed by atoms with van der Waals surface area (Å²) >= 11 is 0. The first-order valence-electron chi connectivity index (χ1n) is 11.5. The predicted molar refractivity (Wildman–Crippen MR) is 127 cm³/mol. The summed E-state index contributed by atoms with van der Waals surface area (Å²) in [7, 11) is -2.04. The summed E-state index contributed by atoms with van der Waals surface area (Å²) in [4.78, 5) is 49.5. The van der Waals surface area contributed by atoms with Crippen LogP contribution in [0.1, 0.15) is 44.5 Å². The third kappa shape index (κ3) is 5.67. The highest BCUT2D eigenvalue weighted by Crippen LogP contribution is 2.39. The standard InChI is InChI=1S/C24H34N2O7Si/c1-15(33-34(5,6)24(2,3)4)21-18(25-22(21)29)13-19(27)16-7-9-17(10-8-16)32-14-20(28)26-11-12-31-23(26)30/h7-10,15,18,21H,11-14H2,1-6H3,(H,25,29)/t15-,18-,21-/m1/s1. The summed E-state index contributed by atoms with van der Waals surface area (Å²) in [6.45, 7) is 12.8. The van der Waals surface area contributed by atoms with E-state index in [0.29, 0.717) is 11.3 Å². The number of ketones is 1. The van der Waals surface area contributed by atoms with Gasteiger partial charge in [-0.2, -0.15) is 0 Å². The summed E-state index contributed by atoms with van der Waals surface area (Å²) < 4.78 is 16.6. The van der Waals surface area contributed by atoms with Gasteiger partial charge >= 0.3 is 6.09 Å². The van der Waals surface area contributed by atoms with Crippen LogP contribution in [0.3, 0.4) is 0 Å². The average molecular weight is 491 g/mol. The summed E-state index contributed by atoms with van der Waals surface area (Å²) in [5, 5.41) is 2.87. The molecule has 0 radical (unpaired) electrons. The van der Waals surface area contributed by atoms with Gasteiger partial charge < -0.3 is 19.2 Å². The van der Waals surface area contributed by atoms with Gasteiger partial charge in [-0.25, -0.2) is 9.69 Å². The number of cyclic esters (lactones) is 1. The molecule has 0 spiro atoms. The lowest BCUT2D eigenvalue weighted by atomic mass is 9.82. The number of nitrogens with zero attached hydrogens (tertiary/aromatic N) is 1. The van der Waals surface area contributed by atoms with Crippen LogP contribution in [0.25, 0.3) is 0 Å². The molecule has 3 rings (SSSR count). The van der Waals surface area contributed by atoms with E-state index in [2.05, 4.69) is 39.2 Å². The Labute approximate surface area is 201 Å². The molecule has 2 aliphatic rings. The van der Waals surface area contributed by atoms with E-state index in [4.69, 9.17) is 13.9 Å². The normalized spacial score (nSPS) is 21.4. The molecular weight excluding hydrogens is 456 g/mol. The third-order valence-electron chi connectivity index (χ3n) is 6.86. The van der Waals surface area contributed by atoms with Crippen LogP contribution < -0.4 is 10.1 Å². The van der Waals surface area contributed by atoms with E-state index in [-0.39, 0.29) is 61.0 Å². The molecule has 2 aliphatic heterocycles. The first-order valence-corrected chi connectivity index (χ1v) is 14.4. The van der Waals surface area contributed by atoms with Crippen LogP contribution in [-0.2, 0) is 18.8 Å². The van der Waals surface area contributed by atoms with Crippen LogP contribution in [0.2, 0.25) is 18.1 Å². The molecule has 3 atom stereocenters. The van der Waals surface area contributed by atoms with Crippen LogP contribution in [0.5, 0.6) is 5.75 Å². The molecule has 0 aliphatic carbocycles. The second-order valence-electron chi connectivity index (χ2n) is 10.3. The molecule has 2 heterocycles. The van der Waals surface area contributed by atoms with E-state index in [1.165, 1.54) is 0 Å². The maximum atomic E-state index is 12.8. The topological polar surface area (TPSA) is 111 Å². The number of benzene rings is 1. The minimum atomic E-state index is -2.04. The van der Waals surface area contributed by atoms with Gasteiger partial charge in [-0.3, -0.25) is 14.4 Å². The molecule has 0 bridgehead atoms. The Morgan fingerprint density at radius 1 is 1.21 bits per heavy atom. The van der Waals surface area contributed by atoms with Crippen molar-refractivity contribution in [1.29, 1.82) is 0 Å². The molecule has 2 saturated heterocycles. The Hall–Kier alpha value is -2.72. The van der Waals surface area contributed by atoms with Crippen molar-refractivity contribution in [3.8, 4) is 5.75 Å². The molecule has 3 amide bonds. The second kappa shape index (κ2) is 9.87. The molecular formula is C24H34N2O7Si. The lowest BCUT2D eigenvalue weighted by Gasteiger charge is -2.45. The van der Waals surface area contributed by atoms with Crippen LogP contribution in [0, 0.1) is 5.92 Å². The van der Waals surface area contributed by atoms with Gasteiger partial charge in [0.15, 0.2) is 20.7 Å². The average Bonchev–Trinajstić information content (AvgIpc) is 3.16. The number of carbonyl (C=O) groups excluding carboxylic acids is 4. The molecule has 10 heteroatoms. The van der Waals surface area contributed by atoms with Crippen molar-refractivity contribution >= 4 is 32.0 Å². The maximum absolute atomic E-state index is 12.8. The van der Waals surface area contributed by atoms with Crippen molar-refractivity contribution in [3.63, 3.8) is 0 Å². The molecule has 9 nitrogen and oxygen atoms in total. The molecule has 0 saturated carbocycles. The highest BCUT2D eigenvalue weighted by Gasteiger charge is 2.47. The highest BCUT2D eigenvalue weighted by molar-refractivity contribution is 6.74. The van der Waals surface area contributed by atoms with Gasteiger partial charge in [-0.05, 0) is 49.3 Å². The van der Waals surface area contributed by atoms with Crippen LogP contribution >= 0.6 is 0 Å². The van der Waals surface area contributed by atoms with Crippen LogP contribution in [-0.4, -0.2) is 68.8 Å². The zero-order valence-corrected chi connectivity index (χ0v) is 21.7. The van der Waals surface area contributed by atoms with E-state index in [1.807, 2.05) is 6.92 Å². The Kier molecular flexibility index (Phi) is 7.52. The van der Waals surface area contributed by atoms with Crippen molar-refractivity contribution < 1.29 is 33.1 Å². The van der Waals surface area contributed by atoms with Gasteiger partial charge in [-0.1, -0.05) is 20.8 Å². The van der Waals surface area contributed by atoms with Crippen molar-refractivity contribution in [1.82, 2.24) is 10.2 Å². The molecule has 1 N–H and O–H groups in total. The van der Waals surface area contributed by atoms with E-state index in [0.717, 1.165) is 4.90 Å². The van der Waals surface area contributed by atoms with E-state index in [1.54, 1.807) is 24.3 Å². The quantitative estimate of drug-likeness (QED) is 0.322. The number of β-lactam (4-membered cyclic amide) rings is 1. The predicted octanol–water partition coefficient (Wildman–Crippen LogP) is 3.14. The van der Waals surface area contributed by atoms with Crippen molar-refractivity contribution in [2.24, 2.45) is 5.92 Å². The Morgan fingerprint density at radius 3 is 2.38 bits per heavy atom. The van der Waals surface area contributed by atoms with E-state index in [9.17, 15) is 19.2 Å². The first kappa shape index (κ1) is 25.9. The number of imide groups is 1. The van der Waals surface area contributed by atoms with Crippen LogP contribution in [0.15, 0.2) is 24.3 Å². The monoisotopic (exact) mass is 490 g/mol. The fraction of sp³-hybridized carbons (Fsp3) is 0.583. The number of hydrogen-bond donors (Lipinski definition) is 1. The lowest BCUT2D eigenvalue weighted by molar-refractivity contribution is -0.139. The smallest absolute Gasteiger partial charge is 0.416 e. The molecule has 186 valence electrons. The van der Waals surface area contributed by atoms with Crippen molar-refractivity contribution in [2.45, 2.75) is 64.4 Å². The minimum absolute atomic E-state index is 0.0268. The number of amides is 3. The highest BCUT2D eigenvalue weighted by atomic mass is 28.4. The van der Waals surface area contributed by atoms with Gasteiger partial charge in [0.25, 0.3) is 5.91 Å². The molecule has 1 aromatic carbocycles. The zero-order chi connectivity index (χ0) is 25.3. The van der Waals surface area contributed by atoms with Gasteiger partial charge in [0.2, 0.25) is 5.91 Å². The zero-order valence-electron chi connectivity index (χ0n) is 20.7. The molecule has 0 unspecified atom stereocenters. The number of nitrogens with one attached hydrogen (secondary N) is 1. The third-order valence-corrected chi connectivity index (χ3v) is 11.4. The molecule has 0 aromatic heterocycles. The number of Topliss-reactive ketones (excluding diaryl/α,β-unsaturated/α-hetero) is 1. The van der Waals surface area contributed by atoms with E-state index >= 15 is 0 Å². The lowest BCUT2D eigenvalue weighted by Crippen LogP contribution is -2.64. The summed E-state index contributed by atoms with van der Waals surface area (Å²) in [5.74, 6) is -0.618. The fourth-order valence-electron chi connectivity index (χ4n) is 3.79. The van der Waals surface area contributed by atoms with Gasteiger partial charge in [0.05, 0.1) is 24.6 Å². The maximum Gasteiger partial charge on any atom is 0.416 e. The van der Waals surface area contributed by atoms with Gasteiger partial charge in [0.1, 0.15) is 12.4 Å². The summed E-state index contributed by atoms with van der Waals surface area (Å²) in [6, 6.07) is 6.17. The molecule has 34 heavy (non-hydrogen) atoms. The largest absolute Gasteiger partial charge is 0.484 e. The minimum Gasteiger partial charge on any atom is -0.484 e. The Bertz CT molecular complexity index is 955. The molecule has 2 fully saturated rings. The number of rotatable bonds is 9. The first-order chi connectivity index (χ1) is 15.8.